The van der Waals surface area contributed by atoms with Crippen molar-refractivity contribution in [2.75, 3.05) is 7.05 Å². The predicted octanol–water partition coefficient (Wildman–Crippen LogP) is 5.11. The number of hydrogen-bond donors (Lipinski definition) is 0. The lowest BCUT2D eigenvalue weighted by molar-refractivity contribution is -0.121. The summed E-state index contributed by atoms with van der Waals surface area (Å²) in [4.78, 5) is 14.0. The number of thiocarbonyl (C=S) groups is 1. The highest BCUT2D eigenvalue weighted by Crippen LogP contribution is 2.33. The molecule has 5 heteroatoms. The molecule has 1 aliphatic rings. The molecule has 1 aromatic carbocycles. The second-order valence-electron chi connectivity index (χ2n) is 4.76. The molecule has 3 nitrogen and oxygen atoms in total. The van der Waals surface area contributed by atoms with Crippen LogP contribution in [0.3, 0.4) is 0 Å². The Morgan fingerprint density at radius 3 is 2.48 bits per heavy atom. The maximum absolute atomic E-state index is 12.0. The molecule has 0 bridgehead atoms. The Hall–Kier alpha value is -1.85. The number of benzene rings is 1. The number of rotatable bonds is 2. The molecule has 3 rings (SSSR count). The number of amides is 1. The lowest BCUT2D eigenvalue weighted by atomic mass is 10.1. The van der Waals surface area contributed by atoms with Crippen molar-refractivity contribution >= 4 is 40.3 Å². The van der Waals surface area contributed by atoms with Gasteiger partial charge in [-0.1, -0.05) is 62.1 Å². The largest absolute Gasteiger partial charge is 0.457 e. The summed E-state index contributed by atoms with van der Waals surface area (Å²) in [6.45, 7) is 6.04. The van der Waals surface area contributed by atoms with Gasteiger partial charge in [-0.25, -0.2) is 0 Å². The van der Waals surface area contributed by atoms with Crippen LogP contribution >= 0.6 is 24.0 Å². The molecule has 0 unspecified atom stereocenters. The van der Waals surface area contributed by atoms with Crippen LogP contribution in [0.1, 0.15) is 25.2 Å². The summed E-state index contributed by atoms with van der Waals surface area (Å²) >= 11 is 6.40. The van der Waals surface area contributed by atoms with Crippen LogP contribution in [0, 0.1) is 6.92 Å². The highest BCUT2D eigenvalue weighted by atomic mass is 32.2. The van der Waals surface area contributed by atoms with E-state index in [0.29, 0.717) is 15.0 Å². The van der Waals surface area contributed by atoms with Gasteiger partial charge in [0.2, 0.25) is 0 Å². The summed E-state index contributed by atoms with van der Waals surface area (Å²) in [5.74, 6) is 1.37. The molecule has 1 amide bonds. The molecule has 1 aliphatic heterocycles. The molecule has 0 spiro atoms. The minimum atomic E-state index is -0.0844. The van der Waals surface area contributed by atoms with Crippen molar-refractivity contribution in [1.82, 2.24) is 4.90 Å². The third-order valence-corrected chi connectivity index (χ3v) is 4.78. The topological polar surface area (TPSA) is 33.5 Å². The van der Waals surface area contributed by atoms with Gasteiger partial charge in [0.25, 0.3) is 5.91 Å². The zero-order valence-electron chi connectivity index (χ0n) is 13.6. The second kappa shape index (κ2) is 7.62. The van der Waals surface area contributed by atoms with Crippen LogP contribution in [0.15, 0.2) is 45.7 Å². The standard InChI is InChI=1S/C16H13NO2S2.C2H6/c1-10-5-3-4-6-12(10)13-8-7-11(19-13)9-14-15(18)17(2)16(20)21-14;1-2/h3-9H,1-2H3;1-2H3/b14-9-;. The zero-order chi connectivity index (χ0) is 17.0. The SMILES string of the molecule is CC.Cc1ccccc1-c1ccc(/C=C2\SC(=S)N(C)C2=O)o1. The molecule has 0 aliphatic carbocycles. The number of thioether (sulfide) groups is 1. The van der Waals surface area contributed by atoms with Crippen molar-refractivity contribution in [1.29, 1.82) is 0 Å². The Labute approximate surface area is 146 Å². The fourth-order valence-corrected chi connectivity index (χ4v) is 3.26. The van der Waals surface area contributed by atoms with Crippen molar-refractivity contribution < 1.29 is 9.21 Å². The number of carbonyl (C=O) groups is 1. The molecule has 1 aromatic heterocycles. The normalized spacial score (nSPS) is 15.8. The van der Waals surface area contributed by atoms with E-state index in [1.165, 1.54) is 16.7 Å². The molecule has 23 heavy (non-hydrogen) atoms. The average molecular weight is 345 g/mol. The van der Waals surface area contributed by atoms with Crippen LogP contribution in [0.5, 0.6) is 0 Å². The van der Waals surface area contributed by atoms with E-state index in [0.717, 1.165) is 16.9 Å². The van der Waals surface area contributed by atoms with E-state index in [1.54, 1.807) is 13.1 Å². The van der Waals surface area contributed by atoms with Crippen molar-refractivity contribution in [3.8, 4) is 11.3 Å². The molecule has 0 saturated carbocycles. The van der Waals surface area contributed by atoms with Gasteiger partial charge in [0.05, 0.1) is 4.91 Å². The molecule has 2 heterocycles. The predicted molar refractivity (Wildman–Crippen MR) is 101 cm³/mol. The van der Waals surface area contributed by atoms with Crippen LogP contribution in [0.4, 0.5) is 0 Å². The monoisotopic (exact) mass is 345 g/mol. The van der Waals surface area contributed by atoms with Gasteiger partial charge in [0.1, 0.15) is 15.8 Å². The molecule has 1 fully saturated rings. The van der Waals surface area contributed by atoms with E-state index in [1.807, 2.05) is 57.2 Å². The summed E-state index contributed by atoms with van der Waals surface area (Å²) in [5.41, 5.74) is 2.21. The Kier molecular flexibility index (Phi) is 5.80. The molecule has 2 aromatic rings. The van der Waals surface area contributed by atoms with Crippen LogP contribution < -0.4 is 0 Å². The smallest absolute Gasteiger partial charge is 0.266 e. The van der Waals surface area contributed by atoms with Gasteiger partial charge in [0.15, 0.2) is 0 Å². The highest BCUT2D eigenvalue weighted by molar-refractivity contribution is 8.26. The van der Waals surface area contributed by atoms with E-state index in [4.69, 9.17) is 16.6 Å². The maximum Gasteiger partial charge on any atom is 0.266 e. The number of aryl methyl sites for hydroxylation is 1. The molecule has 0 atom stereocenters. The number of furan rings is 1. The van der Waals surface area contributed by atoms with Crippen LogP contribution in [0.25, 0.3) is 17.4 Å². The molecule has 120 valence electrons. The van der Waals surface area contributed by atoms with Gasteiger partial charge < -0.3 is 4.42 Å². The summed E-state index contributed by atoms with van der Waals surface area (Å²) < 4.78 is 6.39. The first kappa shape index (κ1) is 17.5. The van der Waals surface area contributed by atoms with Crippen molar-refractivity contribution in [3.05, 3.63) is 52.6 Å². The average Bonchev–Trinajstić information content (AvgIpc) is 3.11. The number of nitrogens with zero attached hydrogens (tertiary/aromatic N) is 1. The summed E-state index contributed by atoms with van der Waals surface area (Å²) in [5, 5.41) is 0. The quantitative estimate of drug-likeness (QED) is 0.559. The fraction of sp³-hybridized carbons (Fsp3) is 0.222. The first-order chi connectivity index (χ1) is 11.1. The van der Waals surface area contributed by atoms with Gasteiger partial charge >= 0.3 is 0 Å². The number of likely N-dealkylation sites (N-methyl/N-ethyl adjacent to an activating group) is 1. The molecule has 1 saturated heterocycles. The van der Waals surface area contributed by atoms with Crippen molar-refractivity contribution in [3.63, 3.8) is 0 Å². The second-order valence-corrected chi connectivity index (χ2v) is 6.43. The summed E-state index contributed by atoms with van der Waals surface area (Å²) in [7, 11) is 1.68. The van der Waals surface area contributed by atoms with Gasteiger partial charge in [-0.3, -0.25) is 9.69 Å². The minimum absolute atomic E-state index is 0.0844. The summed E-state index contributed by atoms with van der Waals surface area (Å²) in [6, 6.07) is 11.8. The van der Waals surface area contributed by atoms with Crippen LogP contribution in [0.2, 0.25) is 0 Å². The molecule has 0 N–H and O–H groups in total. The Balaban J connectivity index is 0.000000924. The Morgan fingerprint density at radius 2 is 1.87 bits per heavy atom. The van der Waals surface area contributed by atoms with Crippen molar-refractivity contribution in [2.24, 2.45) is 0 Å². The number of carbonyl (C=O) groups excluding carboxylic acids is 1. The zero-order valence-corrected chi connectivity index (χ0v) is 15.3. The fourth-order valence-electron chi connectivity index (χ4n) is 2.10. The van der Waals surface area contributed by atoms with Crippen molar-refractivity contribution in [2.45, 2.75) is 20.8 Å². The Morgan fingerprint density at radius 1 is 1.17 bits per heavy atom. The lowest BCUT2D eigenvalue weighted by Gasteiger charge is -2.03. The van der Waals surface area contributed by atoms with Gasteiger partial charge in [-0.15, -0.1) is 0 Å². The first-order valence-corrected chi connectivity index (χ1v) is 8.66. The van der Waals surface area contributed by atoms with E-state index in [9.17, 15) is 4.79 Å². The molecular formula is C18H19NO2S2. The van der Waals surface area contributed by atoms with Gasteiger partial charge in [-0.05, 0) is 24.6 Å². The van der Waals surface area contributed by atoms with Gasteiger partial charge in [-0.2, -0.15) is 0 Å². The maximum atomic E-state index is 12.0. The summed E-state index contributed by atoms with van der Waals surface area (Å²) in [6.07, 6.45) is 1.74. The third-order valence-electron chi connectivity index (χ3n) is 3.30. The highest BCUT2D eigenvalue weighted by Gasteiger charge is 2.29. The number of hydrogen-bond acceptors (Lipinski definition) is 4. The molecular weight excluding hydrogens is 326 g/mol. The Bertz CT molecular complexity index is 762. The third kappa shape index (κ3) is 3.74. The van der Waals surface area contributed by atoms with E-state index in [2.05, 4.69) is 0 Å². The van der Waals surface area contributed by atoms with Crippen LogP contribution in [-0.4, -0.2) is 22.2 Å². The lowest BCUT2D eigenvalue weighted by Crippen LogP contribution is -2.22. The van der Waals surface area contributed by atoms with E-state index >= 15 is 0 Å². The van der Waals surface area contributed by atoms with Gasteiger partial charge in [0, 0.05) is 18.7 Å². The van der Waals surface area contributed by atoms with Crippen LogP contribution in [-0.2, 0) is 4.79 Å². The first-order valence-electron chi connectivity index (χ1n) is 7.43. The van der Waals surface area contributed by atoms with E-state index < -0.39 is 0 Å². The van der Waals surface area contributed by atoms with E-state index in [-0.39, 0.29) is 5.91 Å². The minimum Gasteiger partial charge on any atom is -0.457 e. The molecule has 0 radical (unpaired) electrons.